The summed E-state index contributed by atoms with van der Waals surface area (Å²) in [6.45, 7) is 3.86. The van der Waals surface area contributed by atoms with Crippen molar-refractivity contribution in [1.82, 2.24) is 0 Å². The van der Waals surface area contributed by atoms with E-state index in [2.05, 4.69) is 13.0 Å². The van der Waals surface area contributed by atoms with Crippen molar-refractivity contribution in [2.45, 2.75) is 39.5 Å². The zero-order chi connectivity index (χ0) is 8.27. The minimum absolute atomic E-state index is 0.279. The molecule has 0 aliphatic heterocycles. The largest absolute Gasteiger partial charge is 0.295 e. The van der Waals surface area contributed by atoms with Gasteiger partial charge in [0.1, 0.15) is 0 Å². The van der Waals surface area contributed by atoms with Crippen molar-refractivity contribution < 1.29 is 4.79 Å². The summed E-state index contributed by atoms with van der Waals surface area (Å²) in [5, 5.41) is 0. The van der Waals surface area contributed by atoms with E-state index in [1.807, 2.05) is 0 Å². The van der Waals surface area contributed by atoms with Gasteiger partial charge in [0.25, 0.3) is 0 Å². The van der Waals surface area contributed by atoms with Crippen LogP contribution >= 0.6 is 0 Å². The molecule has 0 spiro atoms. The molecule has 1 heteroatoms. The summed E-state index contributed by atoms with van der Waals surface area (Å²) in [5.74, 6) is 0.860. The summed E-state index contributed by atoms with van der Waals surface area (Å²) >= 11 is 0. The predicted molar refractivity (Wildman–Crippen MR) is 46.4 cm³/mol. The minimum Gasteiger partial charge on any atom is -0.295 e. The first kappa shape index (κ1) is 8.51. The molecule has 0 radical (unpaired) electrons. The molecule has 11 heavy (non-hydrogen) atoms. The summed E-state index contributed by atoms with van der Waals surface area (Å²) in [6, 6.07) is 0. The molecule has 0 fully saturated rings. The Morgan fingerprint density at radius 1 is 1.73 bits per heavy atom. The molecule has 0 saturated heterocycles. The standard InChI is InChI=1S/C10H16O/c1-3-5-9-6-4-7-10(9)8(2)11/h7,9H,3-6H2,1-2H3. The van der Waals surface area contributed by atoms with E-state index < -0.39 is 0 Å². The number of carbonyl (C=O) groups is 1. The number of hydrogen-bond donors (Lipinski definition) is 0. The number of ketones is 1. The van der Waals surface area contributed by atoms with Crippen molar-refractivity contribution in [2.24, 2.45) is 5.92 Å². The molecule has 0 saturated carbocycles. The Morgan fingerprint density at radius 2 is 2.45 bits per heavy atom. The highest BCUT2D eigenvalue weighted by molar-refractivity contribution is 5.94. The summed E-state index contributed by atoms with van der Waals surface area (Å²) in [5.41, 5.74) is 1.09. The van der Waals surface area contributed by atoms with Gasteiger partial charge in [0.05, 0.1) is 0 Å². The molecule has 1 aliphatic carbocycles. The van der Waals surface area contributed by atoms with E-state index in [1.165, 1.54) is 19.3 Å². The lowest BCUT2D eigenvalue weighted by molar-refractivity contribution is -0.114. The lowest BCUT2D eigenvalue weighted by Gasteiger charge is -2.10. The van der Waals surface area contributed by atoms with E-state index in [1.54, 1.807) is 6.92 Å². The van der Waals surface area contributed by atoms with Gasteiger partial charge in [-0.05, 0) is 37.7 Å². The van der Waals surface area contributed by atoms with Gasteiger partial charge < -0.3 is 0 Å². The van der Waals surface area contributed by atoms with Gasteiger partial charge in [0, 0.05) is 0 Å². The molecular weight excluding hydrogens is 136 g/mol. The second-order valence-electron chi connectivity index (χ2n) is 3.28. The molecule has 1 unspecified atom stereocenters. The molecule has 1 nitrogen and oxygen atoms in total. The SMILES string of the molecule is CCCC1CCC=C1C(C)=O. The number of rotatable bonds is 3. The maximum absolute atomic E-state index is 11.1. The van der Waals surface area contributed by atoms with E-state index in [-0.39, 0.29) is 5.78 Å². The van der Waals surface area contributed by atoms with Gasteiger partial charge >= 0.3 is 0 Å². The van der Waals surface area contributed by atoms with Crippen LogP contribution in [-0.4, -0.2) is 5.78 Å². The Kier molecular flexibility index (Phi) is 2.86. The van der Waals surface area contributed by atoms with E-state index in [0.29, 0.717) is 5.92 Å². The first-order valence-corrected chi connectivity index (χ1v) is 4.46. The zero-order valence-electron chi connectivity index (χ0n) is 7.39. The van der Waals surface area contributed by atoms with Gasteiger partial charge in [0.15, 0.2) is 5.78 Å². The van der Waals surface area contributed by atoms with Crippen molar-refractivity contribution in [1.29, 1.82) is 0 Å². The number of carbonyl (C=O) groups excluding carboxylic acids is 1. The summed E-state index contributed by atoms with van der Waals surface area (Å²) in [6.07, 6.45) is 6.80. The first-order chi connectivity index (χ1) is 5.25. The van der Waals surface area contributed by atoms with Crippen LogP contribution in [0, 0.1) is 5.92 Å². The van der Waals surface area contributed by atoms with E-state index in [9.17, 15) is 4.79 Å². The lowest BCUT2D eigenvalue weighted by Crippen LogP contribution is -2.05. The maximum Gasteiger partial charge on any atom is 0.155 e. The Morgan fingerprint density at radius 3 is 3.00 bits per heavy atom. The van der Waals surface area contributed by atoms with Crippen LogP contribution in [0.25, 0.3) is 0 Å². The highest BCUT2D eigenvalue weighted by Gasteiger charge is 2.20. The van der Waals surface area contributed by atoms with Gasteiger partial charge in [-0.3, -0.25) is 4.79 Å². The number of allylic oxidation sites excluding steroid dienone is 2. The Hall–Kier alpha value is -0.590. The third-order valence-electron chi connectivity index (χ3n) is 2.36. The van der Waals surface area contributed by atoms with Crippen molar-refractivity contribution in [2.75, 3.05) is 0 Å². The average Bonchev–Trinajstić information content (AvgIpc) is 2.36. The smallest absolute Gasteiger partial charge is 0.155 e. The van der Waals surface area contributed by atoms with Crippen LogP contribution in [0.3, 0.4) is 0 Å². The van der Waals surface area contributed by atoms with Crippen LogP contribution in [0.15, 0.2) is 11.6 Å². The van der Waals surface area contributed by atoms with Gasteiger partial charge in [0.2, 0.25) is 0 Å². The molecule has 0 amide bonds. The lowest BCUT2D eigenvalue weighted by atomic mass is 9.94. The highest BCUT2D eigenvalue weighted by Crippen LogP contribution is 2.29. The van der Waals surface area contributed by atoms with Crippen molar-refractivity contribution in [3.05, 3.63) is 11.6 Å². The molecule has 0 heterocycles. The van der Waals surface area contributed by atoms with Crippen molar-refractivity contribution >= 4 is 5.78 Å². The van der Waals surface area contributed by atoms with Gasteiger partial charge in [-0.1, -0.05) is 19.4 Å². The van der Waals surface area contributed by atoms with Crippen LogP contribution < -0.4 is 0 Å². The first-order valence-electron chi connectivity index (χ1n) is 4.46. The van der Waals surface area contributed by atoms with Crippen molar-refractivity contribution in [3.63, 3.8) is 0 Å². The van der Waals surface area contributed by atoms with Crippen LogP contribution in [0.4, 0.5) is 0 Å². The third kappa shape index (κ3) is 1.92. The van der Waals surface area contributed by atoms with E-state index in [4.69, 9.17) is 0 Å². The molecule has 0 bridgehead atoms. The van der Waals surface area contributed by atoms with Crippen molar-refractivity contribution in [3.8, 4) is 0 Å². The highest BCUT2D eigenvalue weighted by atomic mass is 16.1. The maximum atomic E-state index is 11.1. The zero-order valence-corrected chi connectivity index (χ0v) is 7.39. The quantitative estimate of drug-likeness (QED) is 0.607. The Labute approximate surface area is 68.5 Å². The van der Waals surface area contributed by atoms with Crippen LogP contribution in [-0.2, 0) is 4.79 Å². The monoisotopic (exact) mass is 152 g/mol. The van der Waals surface area contributed by atoms with Crippen LogP contribution in [0.2, 0.25) is 0 Å². The molecule has 0 aromatic carbocycles. The summed E-state index contributed by atoms with van der Waals surface area (Å²) in [7, 11) is 0. The number of Topliss-reactive ketones (excluding diaryl/α,β-unsaturated/α-hetero) is 1. The molecule has 1 aliphatic rings. The van der Waals surface area contributed by atoms with E-state index >= 15 is 0 Å². The molecule has 1 atom stereocenters. The average molecular weight is 152 g/mol. The molecule has 0 aromatic rings. The van der Waals surface area contributed by atoms with Crippen LogP contribution in [0.5, 0.6) is 0 Å². The normalized spacial score (nSPS) is 23.5. The molecule has 62 valence electrons. The van der Waals surface area contributed by atoms with Gasteiger partial charge in [-0.25, -0.2) is 0 Å². The minimum atomic E-state index is 0.279. The van der Waals surface area contributed by atoms with Gasteiger partial charge in [-0.2, -0.15) is 0 Å². The second kappa shape index (κ2) is 3.70. The third-order valence-corrected chi connectivity index (χ3v) is 2.36. The Bertz CT molecular complexity index is 179. The van der Waals surface area contributed by atoms with Crippen LogP contribution in [0.1, 0.15) is 39.5 Å². The fourth-order valence-corrected chi connectivity index (χ4v) is 1.84. The summed E-state index contributed by atoms with van der Waals surface area (Å²) < 4.78 is 0. The molecule has 0 aromatic heterocycles. The number of hydrogen-bond acceptors (Lipinski definition) is 1. The Balaban J connectivity index is 2.55. The second-order valence-corrected chi connectivity index (χ2v) is 3.28. The molecule has 1 rings (SSSR count). The molecule has 0 N–H and O–H groups in total. The van der Waals surface area contributed by atoms with Gasteiger partial charge in [-0.15, -0.1) is 0 Å². The topological polar surface area (TPSA) is 17.1 Å². The summed E-state index contributed by atoms with van der Waals surface area (Å²) in [4.78, 5) is 11.1. The molecular formula is C10H16O. The predicted octanol–water partition coefficient (Wildman–Crippen LogP) is 2.71. The van der Waals surface area contributed by atoms with E-state index in [0.717, 1.165) is 12.0 Å². The fraction of sp³-hybridized carbons (Fsp3) is 0.700. The fourth-order valence-electron chi connectivity index (χ4n) is 1.84.